The number of esters is 1. The average molecular weight is 241 g/mol. The normalized spacial score (nSPS) is 11.0. The van der Waals surface area contributed by atoms with Gasteiger partial charge in [0, 0.05) is 0 Å². The van der Waals surface area contributed by atoms with Crippen LogP contribution in [-0.2, 0) is 4.79 Å². The van der Waals surface area contributed by atoms with E-state index in [4.69, 9.17) is 16.3 Å². The monoisotopic (exact) mass is 240 g/mol. The molecule has 3 nitrogen and oxygen atoms in total. The van der Waals surface area contributed by atoms with Crippen molar-refractivity contribution in [3.05, 3.63) is 29.8 Å². The summed E-state index contributed by atoms with van der Waals surface area (Å²) in [5, 5.41) is -0.641. The minimum absolute atomic E-state index is 0.196. The number of rotatable bonds is 2. The van der Waals surface area contributed by atoms with Crippen LogP contribution in [0.3, 0.4) is 0 Å². The summed E-state index contributed by atoms with van der Waals surface area (Å²) in [5.74, 6) is -0.208. The number of ether oxygens (including phenoxy) is 1. The number of benzene rings is 1. The van der Waals surface area contributed by atoms with Crippen LogP contribution in [0, 0.1) is 5.41 Å². The predicted molar refractivity (Wildman–Crippen MR) is 61.7 cm³/mol. The molecule has 86 valence electrons. The molecule has 0 unspecified atom stereocenters. The van der Waals surface area contributed by atoms with Crippen LogP contribution in [-0.4, -0.2) is 11.2 Å². The zero-order chi connectivity index (χ0) is 12.3. The van der Waals surface area contributed by atoms with Crippen LogP contribution in [0.4, 0.5) is 0 Å². The molecule has 0 bridgehead atoms. The van der Waals surface area contributed by atoms with Crippen molar-refractivity contribution in [2.75, 3.05) is 0 Å². The van der Waals surface area contributed by atoms with Gasteiger partial charge in [0.1, 0.15) is 5.75 Å². The maximum absolute atomic E-state index is 11.6. The summed E-state index contributed by atoms with van der Waals surface area (Å²) >= 11 is 5.38. The standard InChI is InChI=1S/C12H13ClO3/c1-12(2,3)11(15)16-9-7-5-4-6-8(9)10(13)14/h4-7H,1-3H3. The van der Waals surface area contributed by atoms with Gasteiger partial charge in [0.25, 0.3) is 5.24 Å². The third-order valence-corrected chi connectivity index (χ3v) is 2.12. The Hall–Kier alpha value is -1.35. The molecule has 0 spiro atoms. The van der Waals surface area contributed by atoms with E-state index < -0.39 is 16.6 Å². The van der Waals surface area contributed by atoms with Gasteiger partial charge in [-0.05, 0) is 44.5 Å². The van der Waals surface area contributed by atoms with Crippen molar-refractivity contribution in [3.63, 3.8) is 0 Å². The first-order valence-electron chi connectivity index (χ1n) is 4.83. The van der Waals surface area contributed by atoms with Crippen LogP contribution in [0.25, 0.3) is 0 Å². The van der Waals surface area contributed by atoms with E-state index in [0.717, 1.165) is 0 Å². The summed E-state index contributed by atoms with van der Waals surface area (Å²) < 4.78 is 5.13. The molecule has 0 saturated carbocycles. The number of carbonyl (C=O) groups excluding carboxylic acids is 2. The number of hydrogen-bond acceptors (Lipinski definition) is 3. The molecule has 0 atom stereocenters. The molecule has 0 aliphatic heterocycles. The van der Waals surface area contributed by atoms with Crippen molar-refractivity contribution in [2.45, 2.75) is 20.8 Å². The van der Waals surface area contributed by atoms with Gasteiger partial charge in [-0.2, -0.15) is 0 Å². The first-order chi connectivity index (χ1) is 7.32. The largest absolute Gasteiger partial charge is 0.425 e. The molecule has 0 fully saturated rings. The number of carbonyl (C=O) groups is 2. The van der Waals surface area contributed by atoms with Crippen LogP contribution in [0.1, 0.15) is 31.1 Å². The highest BCUT2D eigenvalue weighted by molar-refractivity contribution is 6.68. The molecule has 4 heteroatoms. The zero-order valence-electron chi connectivity index (χ0n) is 9.41. The van der Waals surface area contributed by atoms with Crippen LogP contribution in [0.2, 0.25) is 0 Å². The maximum Gasteiger partial charge on any atom is 0.316 e. The fourth-order valence-electron chi connectivity index (χ4n) is 0.971. The summed E-state index contributed by atoms with van der Waals surface area (Å²) in [5.41, 5.74) is -0.426. The van der Waals surface area contributed by atoms with Crippen molar-refractivity contribution < 1.29 is 14.3 Å². The topological polar surface area (TPSA) is 43.4 Å². The van der Waals surface area contributed by atoms with E-state index in [1.165, 1.54) is 6.07 Å². The van der Waals surface area contributed by atoms with Crippen LogP contribution < -0.4 is 4.74 Å². The lowest BCUT2D eigenvalue weighted by atomic mass is 9.97. The summed E-state index contributed by atoms with van der Waals surface area (Å²) in [6, 6.07) is 6.39. The third-order valence-electron chi connectivity index (χ3n) is 1.91. The van der Waals surface area contributed by atoms with Gasteiger partial charge in [-0.1, -0.05) is 12.1 Å². The molecule has 0 aliphatic carbocycles. The molecule has 0 saturated heterocycles. The lowest BCUT2D eigenvalue weighted by Gasteiger charge is -2.17. The van der Waals surface area contributed by atoms with Gasteiger partial charge in [-0.3, -0.25) is 9.59 Å². The van der Waals surface area contributed by atoms with Crippen LogP contribution >= 0.6 is 11.6 Å². The van der Waals surface area contributed by atoms with E-state index in [1.54, 1.807) is 39.0 Å². The van der Waals surface area contributed by atoms with E-state index in [9.17, 15) is 9.59 Å². The van der Waals surface area contributed by atoms with Crippen LogP contribution in [0.15, 0.2) is 24.3 Å². The molecule has 0 radical (unpaired) electrons. The van der Waals surface area contributed by atoms with Crippen molar-refractivity contribution in [1.82, 2.24) is 0 Å². The Balaban J connectivity index is 2.98. The zero-order valence-corrected chi connectivity index (χ0v) is 10.2. The Kier molecular flexibility index (Phi) is 3.70. The highest BCUT2D eigenvalue weighted by atomic mass is 35.5. The van der Waals surface area contributed by atoms with Gasteiger partial charge in [0.15, 0.2) is 0 Å². The van der Waals surface area contributed by atoms with Gasteiger partial charge in [0.2, 0.25) is 0 Å². The second-order valence-electron chi connectivity index (χ2n) is 4.41. The minimum atomic E-state index is -0.641. The molecule has 0 amide bonds. The quantitative estimate of drug-likeness (QED) is 0.453. The molecule has 1 rings (SSSR count). The average Bonchev–Trinajstić information content (AvgIpc) is 2.16. The van der Waals surface area contributed by atoms with Gasteiger partial charge in [-0.15, -0.1) is 0 Å². The summed E-state index contributed by atoms with van der Waals surface area (Å²) in [6.07, 6.45) is 0. The van der Waals surface area contributed by atoms with Gasteiger partial charge in [-0.25, -0.2) is 0 Å². The minimum Gasteiger partial charge on any atom is -0.425 e. The molecule has 1 aromatic rings. The van der Waals surface area contributed by atoms with E-state index in [0.29, 0.717) is 0 Å². The second-order valence-corrected chi connectivity index (χ2v) is 4.75. The maximum atomic E-state index is 11.6. The SMILES string of the molecule is CC(C)(C)C(=O)Oc1ccccc1C(=O)Cl. The first-order valence-corrected chi connectivity index (χ1v) is 5.21. The molecule has 0 N–H and O–H groups in total. The first kappa shape index (κ1) is 12.7. The number of halogens is 1. The van der Waals surface area contributed by atoms with E-state index in [-0.39, 0.29) is 11.3 Å². The number of para-hydroxylation sites is 1. The molecular formula is C12H13ClO3. The van der Waals surface area contributed by atoms with E-state index in [1.807, 2.05) is 0 Å². The van der Waals surface area contributed by atoms with Gasteiger partial charge in [0.05, 0.1) is 11.0 Å². The molecule has 0 heterocycles. The fraction of sp³-hybridized carbons (Fsp3) is 0.333. The van der Waals surface area contributed by atoms with Crippen molar-refractivity contribution in [1.29, 1.82) is 0 Å². The fourth-order valence-corrected chi connectivity index (χ4v) is 1.13. The summed E-state index contributed by atoms with van der Waals surface area (Å²) in [4.78, 5) is 22.7. The molecule has 1 aromatic carbocycles. The molecule has 16 heavy (non-hydrogen) atoms. The lowest BCUT2D eigenvalue weighted by Crippen LogP contribution is -2.26. The Morgan fingerprint density at radius 3 is 2.25 bits per heavy atom. The Morgan fingerprint density at radius 1 is 1.19 bits per heavy atom. The Labute approximate surface area is 99.4 Å². The Bertz CT molecular complexity index is 419. The highest BCUT2D eigenvalue weighted by Gasteiger charge is 2.25. The van der Waals surface area contributed by atoms with Crippen molar-refractivity contribution >= 4 is 22.8 Å². The summed E-state index contributed by atoms with van der Waals surface area (Å²) in [6.45, 7) is 5.21. The van der Waals surface area contributed by atoms with E-state index >= 15 is 0 Å². The molecular weight excluding hydrogens is 228 g/mol. The lowest BCUT2D eigenvalue weighted by molar-refractivity contribution is -0.143. The van der Waals surface area contributed by atoms with E-state index in [2.05, 4.69) is 0 Å². The second kappa shape index (κ2) is 4.66. The number of hydrogen-bond donors (Lipinski definition) is 0. The van der Waals surface area contributed by atoms with Crippen molar-refractivity contribution in [2.24, 2.45) is 5.41 Å². The third kappa shape index (κ3) is 3.07. The molecule has 0 aliphatic rings. The predicted octanol–water partition coefficient (Wildman–Crippen LogP) is 3.02. The Morgan fingerprint density at radius 2 is 1.75 bits per heavy atom. The highest BCUT2D eigenvalue weighted by Crippen LogP contribution is 2.23. The van der Waals surface area contributed by atoms with Gasteiger partial charge >= 0.3 is 5.97 Å². The molecule has 0 aromatic heterocycles. The van der Waals surface area contributed by atoms with Crippen molar-refractivity contribution in [3.8, 4) is 5.75 Å². The van der Waals surface area contributed by atoms with Crippen LogP contribution in [0.5, 0.6) is 5.75 Å². The smallest absolute Gasteiger partial charge is 0.316 e. The van der Waals surface area contributed by atoms with Gasteiger partial charge < -0.3 is 4.74 Å². The summed E-state index contributed by atoms with van der Waals surface area (Å²) in [7, 11) is 0.